The van der Waals surface area contributed by atoms with E-state index in [1.807, 2.05) is 13.8 Å². The van der Waals surface area contributed by atoms with Crippen LogP contribution in [0, 0.1) is 12.8 Å². The van der Waals surface area contributed by atoms with Crippen molar-refractivity contribution < 1.29 is 9.53 Å². The van der Waals surface area contributed by atoms with Crippen molar-refractivity contribution >= 4 is 17.6 Å². The molecule has 0 bridgehead atoms. The summed E-state index contributed by atoms with van der Waals surface area (Å²) in [7, 11) is 0. The number of aromatic nitrogens is 2. The minimum atomic E-state index is -0.0969. The van der Waals surface area contributed by atoms with Crippen molar-refractivity contribution in [3.05, 3.63) is 22.7 Å². The van der Waals surface area contributed by atoms with Crippen LogP contribution in [0.25, 0.3) is 0 Å². The van der Waals surface area contributed by atoms with Gasteiger partial charge in [0.05, 0.1) is 19.1 Å². The van der Waals surface area contributed by atoms with Gasteiger partial charge in [-0.1, -0.05) is 11.6 Å². The Bertz CT molecular complexity index is 461. The third-order valence-electron chi connectivity index (χ3n) is 3.36. The van der Waals surface area contributed by atoms with E-state index in [1.54, 1.807) is 6.07 Å². The van der Waals surface area contributed by atoms with Crippen LogP contribution in [-0.2, 0) is 16.1 Å². The molecule has 0 radical (unpaired) electrons. The Balaban J connectivity index is 1.97. The molecule has 0 aromatic carbocycles. The monoisotopic (exact) mass is 297 g/mol. The number of piperidine rings is 1. The highest BCUT2D eigenvalue weighted by Crippen LogP contribution is 2.19. The van der Waals surface area contributed by atoms with Crippen molar-refractivity contribution in [1.29, 1.82) is 0 Å². The molecule has 1 fully saturated rings. The van der Waals surface area contributed by atoms with E-state index in [2.05, 4.69) is 14.9 Å². The Labute approximate surface area is 124 Å². The van der Waals surface area contributed by atoms with E-state index in [9.17, 15) is 4.79 Å². The molecule has 1 aliphatic heterocycles. The van der Waals surface area contributed by atoms with E-state index in [0.717, 1.165) is 25.1 Å². The summed E-state index contributed by atoms with van der Waals surface area (Å²) in [5.74, 6) is 0.573. The molecule has 0 unspecified atom stereocenters. The normalized spacial score (nSPS) is 19.9. The molecule has 0 spiro atoms. The molecule has 2 rings (SSSR count). The molecule has 1 aromatic heterocycles. The van der Waals surface area contributed by atoms with E-state index >= 15 is 0 Å². The van der Waals surface area contributed by atoms with Crippen molar-refractivity contribution in [2.75, 3.05) is 19.7 Å². The van der Waals surface area contributed by atoms with Crippen LogP contribution in [0.5, 0.6) is 0 Å². The maximum atomic E-state index is 11.8. The average molecular weight is 298 g/mol. The summed E-state index contributed by atoms with van der Waals surface area (Å²) < 4.78 is 5.10. The van der Waals surface area contributed by atoms with E-state index in [1.165, 1.54) is 0 Å². The van der Waals surface area contributed by atoms with E-state index < -0.39 is 0 Å². The summed E-state index contributed by atoms with van der Waals surface area (Å²) in [5.41, 5.74) is 0.860. The van der Waals surface area contributed by atoms with E-state index in [-0.39, 0.29) is 11.9 Å². The molecule has 110 valence electrons. The molecule has 20 heavy (non-hydrogen) atoms. The molecular weight excluding hydrogens is 278 g/mol. The van der Waals surface area contributed by atoms with Gasteiger partial charge < -0.3 is 4.74 Å². The smallest absolute Gasteiger partial charge is 0.310 e. The van der Waals surface area contributed by atoms with Gasteiger partial charge in [0.1, 0.15) is 11.0 Å². The summed E-state index contributed by atoms with van der Waals surface area (Å²) in [4.78, 5) is 22.6. The van der Waals surface area contributed by atoms with Crippen molar-refractivity contribution in [3.8, 4) is 0 Å². The molecule has 6 heteroatoms. The van der Waals surface area contributed by atoms with E-state index in [4.69, 9.17) is 16.3 Å². The highest BCUT2D eigenvalue weighted by Gasteiger charge is 2.27. The minimum absolute atomic E-state index is 0.0380. The highest BCUT2D eigenvalue weighted by molar-refractivity contribution is 6.29. The molecule has 0 N–H and O–H groups in total. The van der Waals surface area contributed by atoms with Crippen LogP contribution in [0.1, 0.15) is 31.3 Å². The Morgan fingerprint density at radius 2 is 2.35 bits per heavy atom. The van der Waals surface area contributed by atoms with Crippen LogP contribution < -0.4 is 0 Å². The summed E-state index contributed by atoms with van der Waals surface area (Å²) in [5, 5.41) is 0.464. The maximum Gasteiger partial charge on any atom is 0.310 e. The number of ether oxygens (including phenoxy) is 1. The Morgan fingerprint density at radius 1 is 1.55 bits per heavy atom. The van der Waals surface area contributed by atoms with Crippen LogP contribution >= 0.6 is 11.6 Å². The number of likely N-dealkylation sites (tertiary alicyclic amines) is 1. The number of aryl methyl sites for hydroxylation is 1. The zero-order valence-electron chi connectivity index (χ0n) is 11.9. The first kappa shape index (κ1) is 15.2. The van der Waals surface area contributed by atoms with Gasteiger partial charge in [-0.15, -0.1) is 0 Å². The first-order chi connectivity index (χ1) is 9.58. The molecule has 1 saturated heterocycles. The van der Waals surface area contributed by atoms with Crippen LogP contribution in [0.3, 0.4) is 0 Å². The molecule has 1 aliphatic rings. The first-order valence-corrected chi connectivity index (χ1v) is 7.35. The fourth-order valence-electron chi connectivity index (χ4n) is 2.51. The van der Waals surface area contributed by atoms with E-state index in [0.29, 0.717) is 30.7 Å². The van der Waals surface area contributed by atoms with Gasteiger partial charge >= 0.3 is 5.97 Å². The Hall–Kier alpha value is -1.20. The summed E-state index contributed by atoms with van der Waals surface area (Å²) in [6.07, 6.45) is 1.88. The summed E-state index contributed by atoms with van der Waals surface area (Å²) in [6, 6.07) is 1.74. The van der Waals surface area contributed by atoms with Crippen molar-refractivity contribution in [2.45, 2.75) is 33.2 Å². The number of hydrogen-bond acceptors (Lipinski definition) is 5. The van der Waals surface area contributed by atoms with Gasteiger partial charge in [0.2, 0.25) is 0 Å². The topological polar surface area (TPSA) is 55.3 Å². The molecule has 0 saturated carbocycles. The molecule has 0 aliphatic carbocycles. The standard InChI is InChI=1S/C14H20ClN3O2/c1-3-20-14(19)11-5-4-6-18(8-11)9-13-16-10(2)7-12(15)17-13/h7,11H,3-6,8-9H2,1-2H3/t11-/m1/s1. The molecule has 0 amide bonds. The Morgan fingerprint density at radius 3 is 3.05 bits per heavy atom. The molecular formula is C14H20ClN3O2. The lowest BCUT2D eigenvalue weighted by Crippen LogP contribution is -2.39. The second kappa shape index (κ2) is 6.99. The molecule has 2 heterocycles. The summed E-state index contributed by atoms with van der Waals surface area (Å²) >= 11 is 5.94. The number of carbonyl (C=O) groups excluding carboxylic acids is 1. The van der Waals surface area contributed by atoms with Gasteiger partial charge in [-0.3, -0.25) is 9.69 Å². The maximum absolute atomic E-state index is 11.8. The van der Waals surface area contributed by atoms with Crippen molar-refractivity contribution in [1.82, 2.24) is 14.9 Å². The lowest BCUT2D eigenvalue weighted by molar-refractivity contribution is -0.150. The fraction of sp³-hybridized carbons (Fsp3) is 0.643. The number of carbonyl (C=O) groups is 1. The van der Waals surface area contributed by atoms with Crippen molar-refractivity contribution in [3.63, 3.8) is 0 Å². The third-order valence-corrected chi connectivity index (χ3v) is 3.55. The van der Waals surface area contributed by atoms with Crippen LogP contribution in [0.2, 0.25) is 5.15 Å². The number of esters is 1. The first-order valence-electron chi connectivity index (χ1n) is 6.97. The van der Waals surface area contributed by atoms with Gasteiger partial charge in [-0.2, -0.15) is 0 Å². The molecule has 5 nitrogen and oxygen atoms in total. The van der Waals surface area contributed by atoms with Crippen molar-refractivity contribution in [2.24, 2.45) is 5.92 Å². The zero-order valence-corrected chi connectivity index (χ0v) is 12.7. The SMILES string of the molecule is CCOC(=O)[C@@H]1CCCN(Cc2nc(C)cc(Cl)n2)C1. The lowest BCUT2D eigenvalue weighted by Gasteiger charge is -2.30. The highest BCUT2D eigenvalue weighted by atomic mass is 35.5. The quantitative estimate of drug-likeness (QED) is 0.630. The number of rotatable bonds is 4. The average Bonchev–Trinajstić information content (AvgIpc) is 2.38. The lowest BCUT2D eigenvalue weighted by atomic mass is 9.98. The fourth-order valence-corrected chi connectivity index (χ4v) is 2.77. The predicted octanol–water partition coefficient (Wildman–Crippen LogP) is 2.21. The molecule has 1 atom stereocenters. The van der Waals surface area contributed by atoms with Crippen LogP contribution in [0.4, 0.5) is 0 Å². The largest absolute Gasteiger partial charge is 0.466 e. The van der Waals surface area contributed by atoms with Gasteiger partial charge in [-0.25, -0.2) is 9.97 Å². The number of halogens is 1. The van der Waals surface area contributed by atoms with Gasteiger partial charge in [0.25, 0.3) is 0 Å². The second-order valence-corrected chi connectivity index (χ2v) is 5.46. The number of hydrogen-bond donors (Lipinski definition) is 0. The second-order valence-electron chi connectivity index (χ2n) is 5.07. The van der Waals surface area contributed by atoms with Gasteiger partial charge in [0.15, 0.2) is 0 Å². The summed E-state index contributed by atoms with van der Waals surface area (Å²) in [6.45, 7) is 6.44. The Kier molecular flexibility index (Phi) is 5.31. The predicted molar refractivity (Wildman–Crippen MR) is 76.4 cm³/mol. The van der Waals surface area contributed by atoms with Gasteiger partial charge in [-0.05, 0) is 39.3 Å². The van der Waals surface area contributed by atoms with Gasteiger partial charge in [0, 0.05) is 12.2 Å². The minimum Gasteiger partial charge on any atom is -0.466 e. The zero-order chi connectivity index (χ0) is 14.5. The third kappa shape index (κ3) is 4.15. The number of nitrogens with zero attached hydrogens (tertiary/aromatic N) is 3. The molecule has 1 aromatic rings. The van der Waals surface area contributed by atoms with Crippen LogP contribution in [0.15, 0.2) is 6.07 Å². The van der Waals surface area contributed by atoms with Crippen LogP contribution in [-0.4, -0.2) is 40.5 Å².